The van der Waals surface area contributed by atoms with Crippen molar-refractivity contribution in [3.8, 4) is 11.5 Å². The predicted molar refractivity (Wildman–Crippen MR) is 103 cm³/mol. The van der Waals surface area contributed by atoms with Gasteiger partial charge >= 0.3 is 0 Å². The predicted octanol–water partition coefficient (Wildman–Crippen LogP) is 4.26. The first kappa shape index (κ1) is 20.3. The van der Waals surface area contributed by atoms with E-state index in [9.17, 15) is 4.79 Å². The van der Waals surface area contributed by atoms with E-state index in [4.69, 9.17) is 14.2 Å². The summed E-state index contributed by atoms with van der Waals surface area (Å²) in [5.41, 5.74) is 0.513. The summed E-state index contributed by atoms with van der Waals surface area (Å²) < 4.78 is 17.1. The maximum Gasteiger partial charge on any atom is 0.246 e. The topological polar surface area (TPSA) is 48.0 Å². The number of likely N-dealkylation sites (tertiary alicyclic amines) is 1. The number of piperidine rings is 1. The highest BCUT2D eigenvalue weighted by atomic mass is 16.7. The molecule has 1 unspecified atom stereocenters. The molecule has 1 aromatic rings. The molecule has 1 atom stereocenters. The summed E-state index contributed by atoms with van der Waals surface area (Å²) in [7, 11) is 1.61. The first-order chi connectivity index (χ1) is 12.3. The Kier molecular flexibility index (Phi) is 7.09. The molecule has 1 fully saturated rings. The van der Waals surface area contributed by atoms with E-state index in [1.807, 2.05) is 50.8 Å². The molecule has 1 aromatic carbocycles. The number of benzene rings is 1. The largest absolute Gasteiger partial charge is 0.497 e. The highest BCUT2D eigenvalue weighted by Crippen LogP contribution is 2.28. The molecule has 0 radical (unpaired) electrons. The van der Waals surface area contributed by atoms with E-state index in [1.54, 1.807) is 19.3 Å². The summed E-state index contributed by atoms with van der Waals surface area (Å²) in [5, 5.41) is 0. The van der Waals surface area contributed by atoms with Crippen molar-refractivity contribution < 1.29 is 19.0 Å². The molecule has 1 aliphatic heterocycles. The fourth-order valence-corrected chi connectivity index (χ4v) is 2.96. The molecule has 5 nitrogen and oxygen atoms in total. The molecule has 1 aliphatic rings. The Morgan fingerprint density at radius 2 is 1.88 bits per heavy atom. The fourth-order valence-electron chi connectivity index (χ4n) is 2.96. The Morgan fingerprint density at radius 1 is 1.19 bits per heavy atom. The minimum absolute atomic E-state index is 0.0467. The van der Waals surface area contributed by atoms with E-state index in [1.165, 1.54) is 6.42 Å². The number of carbonyl (C=O) groups excluding carboxylic acids is 1. The van der Waals surface area contributed by atoms with Gasteiger partial charge in [-0.25, -0.2) is 0 Å². The molecule has 26 heavy (non-hydrogen) atoms. The fraction of sp³-hybridized carbons (Fsp3) is 0.571. The quantitative estimate of drug-likeness (QED) is 0.561. The van der Waals surface area contributed by atoms with Crippen LogP contribution < -0.4 is 9.47 Å². The van der Waals surface area contributed by atoms with Gasteiger partial charge in [0.25, 0.3) is 0 Å². The second-order valence-electron chi connectivity index (χ2n) is 7.54. The Bertz CT molecular complexity index is 627. The summed E-state index contributed by atoms with van der Waals surface area (Å²) in [5.74, 6) is 1.37. The van der Waals surface area contributed by atoms with Gasteiger partial charge in [-0.2, -0.15) is 0 Å². The average molecular weight is 361 g/mol. The van der Waals surface area contributed by atoms with Crippen molar-refractivity contribution in [3.63, 3.8) is 0 Å². The number of carbonyl (C=O) groups is 1. The molecule has 0 aliphatic carbocycles. The summed E-state index contributed by atoms with van der Waals surface area (Å²) in [4.78, 5) is 14.3. The van der Waals surface area contributed by atoms with Gasteiger partial charge in [-0.1, -0.05) is 0 Å². The van der Waals surface area contributed by atoms with Crippen LogP contribution in [-0.2, 0) is 9.53 Å². The van der Waals surface area contributed by atoms with E-state index in [0.29, 0.717) is 11.5 Å². The van der Waals surface area contributed by atoms with Crippen LogP contribution in [0.25, 0.3) is 6.08 Å². The number of hydrogen-bond donors (Lipinski definition) is 0. The van der Waals surface area contributed by atoms with Gasteiger partial charge in [-0.05, 0) is 65.2 Å². The monoisotopic (exact) mass is 361 g/mol. The lowest BCUT2D eigenvalue weighted by Gasteiger charge is -2.26. The summed E-state index contributed by atoms with van der Waals surface area (Å²) in [6, 6.07) is 5.55. The van der Waals surface area contributed by atoms with Crippen LogP contribution in [0, 0.1) is 0 Å². The number of methoxy groups -OCH3 is 1. The van der Waals surface area contributed by atoms with E-state index < -0.39 is 6.29 Å². The molecule has 0 spiro atoms. The van der Waals surface area contributed by atoms with Gasteiger partial charge in [0.15, 0.2) is 6.29 Å². The smallest absolute Gasteiger partial charge is 0.246 e. The Morgan fingerprint density at radius 3 is 2.50 bits per heavy atom. The third-order valence-electron chi connectivity index (χ3n) is 4.11. The van der Waals surface area contributed by atoms with Crippen LogP contribution in [0.1, 0.15) is 52.5 Å². The third kappa shape index (κ3) is 6.37. The molecule has 1 saturated heterocycles. The highest BCUT2D eigenvalue weighted by molar-refractivity contribution is 5.92. The van der Waals surface area contributed by atoms with E-state index in [0.717, 1.165) is 31.5 Å². The van der Waals surface area contributed by atoms with Gasteiger partial charge in [0.05, 0.1) is 12.7 Å². The third-order valence-corrected chi connectivity index (χ3v) is 4.11. The van der Waals surface area contributed by atoms with Gasteiger partial charge in [0.2, 0.25) is 5.91 Å². The number of hydrogen-bond acceptors (Lipinski definition) is 4. The van der Waals surface area contributed by atoms with Crippen LogP contribution in [0.3, 0.4) is 0 Å². The van der Waals surface area contributed by atoms with Crippen molar-refractivity contribution in [3.05, 3.63) is 29.8 Å². The molecule has 0 N–H and O–H groups in total. The molecule has 144 valence electrons. The van der Waals surface area contributed by atoms with Crippen molar-refractivity contribution >= 4 is 12.0 Å². The highest BCUT2D eigenvalue weighted by Gasteiger charge is 2.18. The van der Waals surface area contributed by atoms with Crippen LogP contribution >= 0.6 is 0 Å². The number of nitrogens with zero attached hydrogens (tertiary/aromatic N) is 1. The van der Waals surface area contributed by atoms with E-state index in [-0.39, 0.29) is 11.5 Å². The zero-order chi connectivity index (χ0) is 19.2. The lowest BCUT2D eigenvalue weighted by atomic mass is 10.1. The molecule has 0 saturated carbocycles. The Balaban J connectivity index is 2.13. The van der Waals surface area contributed by atoms with Crippen LogP contribution in [0.4, 0.5) is 0 Å². The second kappa shape index (κ2) is 9.08. The molecular formula is C21H31NO4. The molecule has 2 rings (SSSR count). The molecule has 0 bridgehead atoms. The standard InChI is InChI=1S/C21H31NO4/c1-16(26-21(2,3)4)25-19-15-18(24-5)11-9-17(19)10-12-20(23)22-13-7-6-8-14-22/h9-12,15-16H,6-8,13-14H2,1-5H3/b12-10+. The van der Waals surface area contributed by atoms with E-state index in [2.05, 4.69) is 0 Å². The van der Waals surface area contributed by atoms with Crippen LogP contribution in [0.5, 0.6) is 11.5 Å². The molecule has 5 heteroatoms. The van der Waals surface area contributed by atoms with Crippen molar-refractivity contribution in [2.75, 3.05) is 20.2 Å². The maximum atomic E-state index is 12.4. The van der Waals surface area contributed by atoms with Crippen LogP contribution in [0.15, 0.2) is 24.3 Å². The molecule has 1 amide bonds. The van der Waals surface area contributed by atoms with Gasteiger partial charge in [0, 0.05) is 30.8 Å². The molecular weight excluding hydrogens is 330 g/mol. The molecule has 0 aromatic heterocycles. The van der Waals surface area contributed by atoms with Crippen molar-refractivity contribution in [2.45, 2.75) is 58.8 Å². The van der Waals surface area contributed by atoms with Crippen molar-refractivity contribution in [2.24, 2.45) is 0 Å². The van der Waals surface area contributed by atoms with Gasteiger partial charge in [-0.3, -0.25) is 4.79 Å². The number of ether oxygens (including phenoxy) is 3. The normalized spacial score (nSPS) is 16.6. The van der Waals surface area contributed by atoms with E-state index >= 15 is 0 Å². The first-order valence-corrected chi connectivity index (χ1v) is 9.28. The van der Waals surface area contributed by atoms with Gasteiger partial charge < -0.3 is 19.1 Å². The average Bonchev–Trinajstić information content (AvgIpc) is 2.59. The summed E-state index contributed by atoms with van der Waals surface area (Å²) in [6.45, 7) is 9.48. The maximum absolute atomic E-state index is 12.4. The first-order valence-electron chi connectivity index (χ1n) is 9.28. The minimum Gasteiger partial charge on any atom is -0.497 e. The zero-order valence-corrected chi connectivity index (χ0v) is 16.6. The summed E-state index contributed by atoms with van der Waals surface area (Å²) in [6.07, 6.45) is 6.36. The zero-order valence-electron chi connectivity index (χ0n) is 16.6. The van der Waals surface area contributed by atoms with Crippen LogP contribution in [-0.4, -0.2) is 42.9 Å². The summed E-state index contributed by atoms with van der Waals surface area (Å²) >= 11 is 0. The Hall–Kier alpha value is -2.01. The minimum atomic E-state index is -0.424. The lowest BCUT2D eigenvalue weighted by molar-refractivity contribution is -0.140. The SMILES string of the molecule is COc1ccc(/C=C/C(=O)N2CCCCC2)c(OC(C)OC(C)(C)C)c1. The molecule has 1 heterocycles. The lowest BCUT2D eigenvalue weighted by Crippen LogP contribution is -2.34. The number of rotatable bonds is 6. The van der Waals surface area contributed by atoms with Gasteiger partial charge in [-0.15, -0.1) is 0 Å². The number of amides is 1. The van der Waals surface area contributed by atoms with Crippen molar-refractivity contribution in [1.82, 2.24) is 4.90 Å². The van der Waals surface area contributed by atoms with Gasteiger partial charge in [0.1, 0.15) is 11.5 Å². The van der Waals surface area contributed by atoms with Crippen LogP contribution in [0.2, 0.25) is 0 Å². The second-order valence-corrected chi connectivity index (χ2v) is 7.54. The Labute approximate surface area is 156 Å². The van der Waals surface area contributed by atoms with Crippen molar-refractivity contribution in [1.29, 1.82) is 0 Å².